The van der Waals surface area contributed by atoms with Gasteiger partial charge in [-0.2, -0.15) is 0 Å². The number of H-pyrrole nitrogens is 1. The third kappa shape index (κ3) is 3.72. The van der Waals surface area contributed by atoms with Crippen molar-refractivity contribution < 1.29 is 14.3 Å². The molecule has 2 aromatic heterocycles. The van der Waals surface area contributed by atoms with E-state index in [2.05, 4.69) is 9.97 Å². The molecule has 2 saturated heterocycles. The summed E-state index contributed by atoms with van der Waals surface area (Å²) < 4.78 is 11.5. The molecular weight excluding hydrogens is 398 g/mol. The van der Waals surface area contributed by atoms with Gasteiger partial charge in [0.25, 0.3) is 5.56 Å². The number of amides is 1. The standard InChI is InChI=1S/C19H25N3O4S2/c1-11-12(2)28-17-15(11)16(23)20-14(21-17)10-27-13(3)18(24)22-6-4-19(5-7-22)25-8-9-26-19/h13H,4-10H2,1-3H3,(H,20,21,23). The van der Waals surface area contributed by atoms with E-state index in [1.807, 2.05) is 25.7 Å². The molecule has 4 rings (SSSR count). The van der Waals surface area contributed by atoms with Crippen molar-refractivity contribution in [3.63, 3.8) is 0 Å². The van der Waals surface area contributed by atoms with Crippen LogP contribution in [0.4, 0.5) is 0 Å². The van der Waals surface area contributed by atoms with Gasteiger partial charge >= 0.3 is 0 Å². The first kappa shape index (κ1) is 19.9. The zero-order chi connectivity index (χ0) is 19.9. The number of rotatable bonds is 4. The van der Waals surface area contributed by atoms with E-state index in [1.54, 1.807) is 11.3 Å². The van der Waals surface area contributed by atoms with E-state index in [-0.39, 0.29) is 16.7 Å². The quantitative estimate of drug-likeness (QED) is 0.814. The van der Waals surface area contributed by atoms with Crippen molar-refractivity contribution in [1.29, 1.82) is 0 Å². The van der Waals surface area contributed by atoms with Crippen LogP contribution in [0.2, 0.25) is 0 Å². The van der Waals surface area contributed by atoms with Gasteiger partial charge in [0.15, 0.2) is 5.79 Å². The molecule has 2 aliphatic heterocycles. The number of carbonyl (C=O) groups is 1. The number of thiophene rings is 1. The summed E-state index contributed by atoms with van der Waals surface area (Å²) in [7, 11) is 0. The number of piperidine rings is 1. The normalized spacial score (nSPS) is 20.2. The summed E-state index contributed by atoms with van der Waals surface area (Å²) in [5.41, 5.74) is 0.897. The molecule has 0 bridgehead atoms. The lowest BCUT2D eigenvalue weighted by atomic mass is 10.0. The molecule has 0 saturated carbocycles. The van der Waals surface area contributed by atoms with E-state index in [0.717, 1.165) is 28.1 Å². The molecule has 9 heteroatoms. The number of aromatic nitrogens is 2. The zero-order valence-electron chi connectivity index (χ0n) is 16.4. The number of ether oxygens (including phenoxy) is 2. The molecule has 1 unspecified atom stereocenters. The van der Waals surface area contributed by atoms with Gasteiger partial charge in [-0.05, 0) is 26.3 Å². The van der Waals surface area contributed by atoms with E-state index in [0.29, 0.717) is 43.3 Å². The summed E-state index contributed by atoms with van der Waals surface area (Å²) in [6.07, 6.45) is 1.44. The van der Waals surface area contributed by atoms with Crippen LogP contribution in [0.5, 0.6) is 0 Å². The van der Waals surface area contributed by atoms with Gasteiger partial charge in [-0.15, -0.1) is 23.1 Å². The topological polar surface area (TPSA) is 84.5 Å². The molecule has 0 aliphatic carbocycles. The predicted molar refractivity (Wildman–Crippen MR) is 111 cm³/mol. The predicted octanol–water partition coefficient (Wildman–Crippen LogP) is 2.59. The first-order chi connectivity index (χ1) is 13.4. The number of fused-ring (bicyclic) bond motifs is 1. The Balaban J connectivity index is 1.36. The minimum Gasteiger partial charge on any atom is -0.347 e. The van der Waals surface area contributed by atoms with Crippen LogP contribution in [0.1, 0.15) is 36.0 Å². The third-order valence-electron chi connectivity index (χ3n) is 5.56. The van der Waals surface area contributed by atoms with Gasteiger partial charge in [0, 0.05) is 30.8 Å². The molecule has 1 N–H and O–H groups in total. The highest BCUT2D eigenvalue weighted by Gasteiger charge is 2.41. The van der Waals surface area contributed by atoms with E-state index in [1.165, 1.54) is 11.8 Å². The molecule has 2 fully saturated rings. The minimum absolute atomic E-state index is 0.0979. The molecule has 152 valence electrons. The van der Waals surface area contributed by atoms with Crippen LogP contribution >= 0.6 is 23.1 Å². The fraction of sp³-hybridized carbons (Fsp3) is 0.632. The van der Waals surface area contributed by atoms with Crippen LogP contribution in [0, 0.1) is 13.8 Å². The molecule has 4 heterocycles. The molecular formula is C19H25N3O4S2. The highest BCUT2D eigenvalue weighted by atomic mass is 32.2. The second kappa shape index (κ2) is 7.78. The van der Waals surface area contributed by atoms with E-state index >= 15 is 0 Å². The lowest BCUT2D eigenvalue weighted by Gasteiger charge is -2.38. The second-order valence-electron chi connectivity index (χ2n) is 7.36. The Hall–Kier alpha value is -1.42. The summed E-state index contributed by atoms with van der Waals surface area (Å²) in [5, 5.41) is 0.478. The Morgan fingerprint density at radius 2 is 2.00 bits per heavy atom. The van der Waals surface area contributed by atoms with Gasteiger partial charge in [0.05, 0.1) is 29.6 Å². The largest absolute Gasteiger partial charge is 0.347 e. The van der Waals surface area contributed by atoms with Gasteiger partial charge in [0.2, 0.25) is 5.91 Å². The average molecular weight is 424 g/mol. The van der Waals surface area contributed by atoms with Crippen LogP contribution in [-0.2, 0) is 20.0 Å². The monoisotopic (exact) mass is 423 g/mol. The number of aromatic amines is 1. The van der Waals surface area contributed by atoms with Gasteiger partial charge in [-0.1, -0.05) is 0 Å². The van der Waals surface area contributed by atoms with Crippen molar-refractivity contribution >= 4 is 39.2 Å². The lowest BCUT2D eigenvalue weighted by Crippen LogP contribution is -2.49. The number of carbonyl (C=O) groups excluding carboxylic acids is 1. The molecule has 1 amide bonds. The molecule has 7 nitrogen and oxygen atoms in total. The Labute approximate surface area is 171 Å². The van der Waals surface area contributed by atoms with Gasteiger partial charge in [0.1, 0.15) is 10.7 Å². The molecule has 2 aliphatic rings. The number of nitrogens with one attached hydrogen (secondary N) is 1. The minimum atomic E-state index is -0.469. The van der Waals surface area contributed by atoms with Crippen LogP contribution in [0.15, 0.2) is 4.79 Å². The van der Waals surface area contributed by atoms with Crippen LogP contribution < -0.4 is 5.56 Å². The first-order valence-electron chi connectivity index (χ1n) is 9.56. The summed E-state index contributed by atoms with van der Waals surface area (Å²) >= 11 is 3.04. The Morgan fingerprint density at radius 1 is 1.32 bits per heavy atom. The maximum absolute atomic E-state index is 12.8. The summed E-state index contributed by atoms with van der Waals surface area (Å²) in [6.45, 7) is 8.44. The van der Waals surface area contributed by atoms with Crippen LogP contribution in [-0.4, -0.2) is 58.1 Å². The first-order valence-corrected chi connectivity index (χ1v) is 11.4. The number of nitrogens with zero attached hydrogens (tertiary/aromatic N) is 2. The highest BCUT2D eigenvalue weighted by Crippen LogP contribution is 2.32. The van der Waals surface area contributed by atoms with Crippen molar-refractivity contribution in [3.8, 4) is 0 Å². The number of hydrogen-bond donors (Lipinski definition) is 1. The highest BCUT2D eigenvalue weighted by molar-refractivity contribution is 7.99. The van der Waals surface area contributed by atoms with Crippen molar-refractivity contribution in [2.75, 3.05) is 26.3 Å². The second-order valence-corrected chi connectivity index (χ2v) is 9.89. The number of thioether (sulfide) groups is 1. The van der Waals surface area contributed by atoms with Crippen molar-refractivity contribution in [3.05, 3.63) is 26.6 Å². The molecule has 2 aromatic rings. The number of hydrogen-bond acceptors (Lipinski definition) is 7. The fourth-order valence-corrected chi connectivity index (χ4v) is 5.64. The molecule has 0 aromatic carbocycles. The van der Waals surface area contributed by atoms with E-state index in [4.69, 9.17) is 9.47 Å². The van der Waals surface area contributed by atoms with Crippen molar-refractivity contribution in [2.24, 2.45) is 0 Å². The van der Waals surface area contributed by atoms with Gasteiger partial charge in [-0.25, -0.2) is 4.98 Å². The SMILES string of the molecule is Cc1sc2nc(CSC(C)C(=O)N3CCC4(CC3)OCCO4)[nH]c(=O)c2c1C. The Morgan fingerprint density at radius 3 is 2.68 bits per heavy atom. The zero-order valence-corrected chi connectivity index (χ0v) is 18.0. The van der Waals surface area contributed by atoms with Gasteiger partial charge in [-0.3, -0.25) is 9.59 Å². The summed E-state index contributed by atoms with van der Waals surface area (Å²) in [6, 6.07) is 0. The molecule has 28 heavy (non-hydrogen) atoms. The summed E-state index contributed by atoms with van der Waals surface area (Å²) in [4.78, 5) is 36.4. The average Bonchev–Trinajstić information content (AvgIpc) is 3.24. The fourth-order valence-electron chi connectivity index (χ4n) is 3.75. The molecule has 1 spiro atoms. The van der Waals surface area contributed by atoms with Crippen LogP contribution in [0.25, 0.3) is 10.2 Å². The van der Waals surface area contributed by atoms with Crippen LogP contribution in [0.3, 0.4) is 0 Å². The third-order valence-corrected chi connectivity index (χ3v) is 7.80. The maximum Gasteiger partial charge on any atom is 0.259 e. The van der Waals surface area contributed by atoms with E-state index in [9.17, 15) is 9.59 Å². The lowest BCUT2D eigenvalue weighted by molar-refractivity contribution is -0.187. The molecule has 0 radical (unpaired) electrons. The van der Waals surface area contributed by atoms with E-state index < -0.39 is 5.79 Å². The summed E-state index contributed by atoms with van der Waals surface area (Å²) in [5.74, 6) is 0.763. The van der Waals surface area contributed by atoms with Gasteiger partial charge < -0.3 is 19.4 Å². The Kier molecular flexibility index (Phi) is 5.52. The smallest absolute Gasteiger partial charge is 0.259 e. The number of likely N-dealkylation sites (tertiary alicyclic amines) is 1. The van der Waals surface area contributed by atoms with Crippen molar-refractivity contribution in [1.82, 2.24) is 14.9 Å². The Bertz CT molecular complexity index is 939. The number of aryl methyl sites for hydroxylation is 2. The molecule has 1 atom stereocenters. The maximum atomic E-state index is 12.8. The van der Waals surface area contributed by atoms with Crippen molar-refractivity contribution in [2.45, 2.75) is 50.4 Å².